The van der Waals surface area contributed by atoms with Gasteiger partial charge in [-0.05, 0) is 24.5 Å². The van der Waals surface area contributed by atoms with E-state index in [9.17, 15) is 4.79 Å². The van der Waals surface area contributed by atoms with Gasteiger partial charge in [0.2, 0.25) is 6.79 Å². The minimum absolute atomic E-state index is 0.000344. The van der Waals surface area contributed by atoms with Gasteiger partial charge in [0.1, 0.15) is 0 Å². The molecule has 0 radical (unpaired) electrons. The molecule has 0 bridgehead atoms. The molecule has 0 fully saturated rings. The fourth-order valence-electron chi connectivity index (χ4n) is 2.31. The first-order chi connectivity index (χ1) is 8.22. The number of anilines is 1. The average molecular weight is 235 g/mol. The molecule has 2 aliphatic rings. The third-order valence-corrected chi connectivity index (χ3v) is 3.14. The summed E-state index contributed by atoms with van der Waals surface area (Å²) in [7, 11) is 0. The molecule has 0 saturated heterocycles. The Kier molecular flexibility index (Phi) is 2.31. The van der Waals surface area contributed by atoms with Crippen LogP contribution in [0.3, 0.4) is 0 Å². The van der Waals surface area contributed by atoms with Crippen LogP contribution in [0.25, 0.3) is 0 Å². The van der Waals surface area contributed by atoms with Crippen LogP contribution < -0.4 is 14.8 Å². The van der Waals surface area contributed by atoms with Crippen molar-refractivity contribution in [2.75, 3.05) is 12.1 Å². The number of nitrogens with one attached hydrogen (secondary N) is 1. The average Bonchev–Trinajstić information content (AvgIpc) is 2.72. The number of benzene rings is 1. The SMILES string of the molecule is O=C(O)CC1CCc2cc3c(cc2N1)OCO3. The first kappa shape index (κ1) is 10.3. The highest BCUT2D eigenvalue weighted by atomic mass is 16.7. The number of carbonyl (C=O) groups is 1. The second kappa shape index (κ2) is 3.84. The molecule has 5 nitrogen and oxygen atoms in total. The zero-order valence-corrected chi connectivity index (χ0v) is 9.23. The molecule has 0 amide bonds. The lowest BCUT2D eigenvalue weighted by molar-refractivity contribution is -0.137. The molecule has 3 rings (SSSR count). The predicted octanol–water partition coefficient (Wildman–Crippen LogP) is 1.62. The van der Waals surface area contributed by atoms with Crippen LogP contribution >= 0.6 is 0 Å². The highest BCUT2D eigenvalue weighted by Gasteiger charge is 2.24. The van der Waals surface area contributed by atoms with Crippen LogP contribution in [0.2, 0.25) is 0 Å². The van der Waals surface area contributed by atoms with Gasteiger partial charge < -0.3 is 19.9 Å². The minimum Gasteiger partial charge on any atom is -0.481 e. The summed E-state index contributed by atoms with van der Waals surface area (Å²) in [5, 5.41) is 12.0. The van der Waals surface area contributed by atoms with Gasteiger partial charge in [-0.15, -0.1) is 0 Å². The van der Waals surface area contributed by atoms with E-state index in [0.29, 0.717) is 0 Å². The van der Waals surface area contributed by atoms with Crippen molar-refractivity contribution < 1.29 is 19.4 Å². The van der Waals surface area contributed by atoms with Crippen LogP contribution in [-0.2, 0) is 11.2 Å². The number of carboxylic acids is 1. The first-order valence-electron chi connectivity index (χ1n) is 5.63. The van der Waals surface area contributed by atoms with E-state index in [-0.39, 0.29) is 19.3 Å². The lowest BCUT2D eigenvalue weighted by atomic mass is 9.96. The Morgan fingerprint density at radius 3 is 2.94 bits per heavy atom. The maximum absolute atomic E-state index is 10.7. The molecule has 1 aromatic carbocycles. The third kappa shape index (κ3) is 1.88. The number of fused-ring (bicyclic) bond motifs is 2. The van der Waals surface area contributed by atoms with E-state index in [0.717, 1.165) is 35.6 Å². The lowest BCUT2D eigenvalue weighted by Gasteiger charge is -2.26. The van der Waals surface area contributed by atoms with E-state index in [1.165, 1.54) is 0 Å². The molecule has 1 aromatic rings. The Hall–Kier alpha value is -1.91. The van der Waals surface area contributed by atoms with Crippen LogP contribution in [0.15, 0.2) is 12.1 Å². The Balaban J connectivity index is 1.84. The van der Waals surface area contributed by atoms with E-state index < -0.39 is 5.97 Å². The van der Waals surface area contributed by atoms with Crippen LogP contribution in [-0.4, -0.2) is 23.9 Å². The number of ether oxygens (including phenoxy) is 2. The molecule has 0 saturated carbocycles. The number of aryl methyl sites for hydroxylation is 1. The fraction of sp³-hybridized carbons (Fsp3) is 0.417. The van der Waals surface area contributed by atoms with Crippen LogP contribution in [0, 0.1) is 0 Å². The van der Waals surface area contributed by atoms with E-state index in [2.05, 4.69) is 5.32 Å². The van der Waals surface area contributed by atoms with Gasteiger partial charge in [-0.25, -0.2) is 0 Å². The van der Waals surface area contributed by atoms with Crippen molar-refractivity contribution in [1.82, 2.24) is 0 Å². The van der Waals surface area contributed by atoms with Crippen molar-refractivity contribution in [1.29, 1.82) is 0 Å². The maximum Gasteiger partial charge on any atom is 0.305 e. The molecule has 0 aliphatic carbocycles. The largest absolute Gasteiger partial charge is 0.481 e. The smallest absolute Gasteiger partial charge is 0.305 e. The van der Waals surface area contributed by atoms with Gasteiger partial charge in [-0.2, -0.15) is 0 Å². The summed E-state index contributed by atoms with van der Waals surface area (Å²) < 4.78 is 10.6. The molecule has 2 aliphatic heterocycles. The molecular weight excluding hydrogens is 222 g/mol. The first-order valence-corrected chi connectivity index (χ1v) is 5.63. The Bertz CT molecular complexity index is 472. The van der Waals surface area contributed by atoms with Crippen molar-refractivity contribution in [2.24, 2.45) is 0 Å². The molecule has 5 heteroatoms. The van der Waals surface area contributed by atoms with Crippen LogP contribution in [0.4, 0.5) is 5.69 Å². The highest BCUT2D eigenvalue weighted by molar-refractivity contribution is 5.70. The van der Waals surface area contributed by atoms with Crippen LogP contribution in [0.1, 0.15) is 18.4 Å². The van der Waals surface area contributed by atoms with Crippen LogP contribution in [0.5, 0.6) is 11.5 Å². The maximum atomic E-state index is 10.7. The molecule has 90 valence electrons. The second-order valence-corrected chi connectivity index (χ2v) is 4.34. The van der Waals surface area contributed by atoms with Gasteiger partial charge in [-0.1, -0.05) is 0 Å². The Morgan fingerprint density at radius 1 is 1.41 bits per heavy atom. The van der Waals surface area contributed by atoms with E-state index in [4.69, 9.17) is 14.6 Å². The molecule has 2 N–H and O–H groups in total. The molecule has 1 atom stereocenters. The van der Waals surface area contributed by atoms with Gasteiger partial charge in [-0.3, -0.25) is 4.79 Å². The molecule has 0 aromatic heterocycles. The summed E-state index contributed by atoms with van der Waals surface area (Å²) in [5.41, 5.74) is 2.13. The second-order valence-electron chi connectivity index (χ2n) is 4.34. The Labute approximate surface area is 98.3 Å². The van der Waals surface area contributed by atoms with Gasteiger partial charge in [0.15, 0.2) is 11.5 Å². The van der Waals surface area contributed by atoms with E-state index >= 15 is 0 Å². The molecule has 0 spiro atoms. The highest BCUT2D eigenvalue weighted by Crippen LogP contribution is 2.39. The van der Waals surface area contributed by atoms with Gasteiger partial charge in [0.05, 0.1) is 6.42 Å². The minimum atomic E-state index is -0.772. The molecule has 2 heterocycles. The third-order valence-electron chi connectivity index (χ3n) is 3.14. The predicted molar refractivity (Wildman–Crippen MR) is 60.5 cm³/mol. The number of rotatable bonds is 2. The van der Waals surface area contributed by atoms with E-state index in [1.807, 2.05) is 12.1 Å². The summed E-state index contributed by atoms with van der Waals surface area (Å²) in [6.07, 6.45) is 1.85. The normalized spacial score (nSPS) is 20.6. The quantitative estimate of drug-likeness (QED) is 0.815. The topological polar surface area (TPSA) is 67.8 Å². The summed E-state index contributed by atoms with van der Waals surface area (Å²) in [5.74, 6) is 0.737. The number of hydrogen-bond donors (Lipinski definition) is 2. The monoisotopic (exact) mass is 235 g/mol. The summed E-state index contributed by atoms with van der Waals surface area (Å²) in [6, 6.07) is 3.87. The van der Waals surface area contributed by atoms with Crippen molar-refractivity contribution in [2.45, 2.75) is 25.3 Å². The fourth-order valence-corrected chi connectivity index (χ4v) is 2.31. The van der Waals surface area contributed by atoms with Gasteiger partial charge in [0.25, 0.3) is 0 Å². The van der Waals surface area contributed by atoms with Gasteiger partial charge in [0, 0.05) is 17.8 Å². The summed E-state index contributed by atoms with van der Waals surface area (Å²) >= 11 is 0. The van der Waals surface area contributed by atoms with Crippen molar-refractivity contribution >= 4 is 11.7 Å². The number of carboxylic acid groups (broad SMARTS) is 1. The summed E-state index contributed by atoms with van der Waals surface area (Å²) in [4.78, 5) is 10.7. The Morgan fingerprint density at radius 2 is 2.18 bits per heavy atom. The molecule has 1 unspecified atom stereocenters. The zero-order valence-electron chi connectivity index (χ0n) is 9.23. The molecular formula is C12H13NO4. The standard InChI is InChI=1S/C12H13NO4/c14-12(15)4-8-2-1-7-3-10-11(17-6-16-10)5-9(7)13-8/h3,5,8,13H,1-2,4,6H2,(H,14,15). The molecule has 17 heavy (non-hydrogen) atoms. The summed E-state index contributed by atoms with van der Waals surface area (Å²) in [6.45, 7) is 0.261. The lowest BCUT2D eigenvalue weighted by Crippen LogP contribution is -2.27. The van der Waals surface area contributed by atoms with Crippen molar-refractivity contribution in [3.8, 4) is 11.5 Å². The number of hydrogen-bond acceptors (Lipinski definition) is 4. The number of aliphatic carboxylic acids is 1. The zero-order chi connectivity index (χ0) is 11.8. The van der Waals surface area contributed by atoms with Crippen molar-refractivity contribution in [3.63, 3.8) is 0 Å². The van der Waals surface area contributed by atoms with Crippen molar-refractivity contribution in [3.05, 3.63) is 17.7 Å². The van der Waals surface area contributed by atoms with E-state index in [1.54, 1.807) is 0 Å². The van der Waals surface area contributed by atoms with Gasteiger partial charge >= 0.3 is 5.97 Å².